The molecule has 0 bridgehead atoms. The van der Waals surface area contributed by atoms with Gasteiger partial charge in [0.25, 0.3) is 0 Å². The summed E-state index contributed by atoms with van der Waals surface area (Å²) in [7, 11) is 0. The lowest BCUT2D eigenvalue weighted by Gasteiger charge is -2.13. The summed E-state index contributed by atoms with van der Waals surface area (Å²) in [5, 5.41) is 8.09. The Balaban J connectivity index is 3.71. The monoisotopic (exact) mass is 128 g/mol. The lowest BCUT2D eigenvalue weighted by atomic mass is 10.2. The molecule has 0 fully saturated rings. The van der Waals surface area contributed by atoms with E-state index in [1.807, 2.05) is 0 Å². The molecule has 1 nitrogen and oxygen atoms in total. The first-order valence-corrected chi connectivity index (χ1v) is 2.12. The van der Waals surface area contributed by atoms with Gasteiger partial charge in [-0.1, -0.05) is 0 Å². The van der Waals surface area contributed by atoms with Crippen LogP contribution < -0.4 is 0 Å². The van der Waals surface area contributed by atoms with Crippen molar-refractivity contribution in [2.75, 3.05) is 6.67 Å². The highest BCUT2D eigenvalue weighted by molar-refractivity contribution is 4.70. The molecular formula is C4H7F3O. The largest absolute Gasteiger partial charge is 0.387 e. The van der Waals surface area contributed by atoms with E-state index in [4.69, 9.17) is 5.11 Å². The number of halogens is 3. The number of aliphatic hydroxyl groups excluding tert-OH is 1. The lowest BCUT2D eigenvalue weighted by molar-refractivity contribution is -0.112. The van der Waals surface area contributed by atoms with Gasteiger partial charge in [-0.15, -0.1) is 0 Å². The highest BCUT2D eigenvalue weighted by Crippen LogP contribution is 2.17. The lowest BCUT2D eigenvalue weighted by Crippen LogP contribution is -2.32. The summed E-state index contributed by atoms with van der Waals surface area (Å²) in [5.41, 5.74) is 0. The van der Waals surface area contributed by atoms with Crippen LogP contribution in [0.1, 0.15) is 6.92 Å². The molecule has 8 heavy (non-hydrogen) atoms. The van der Waals surface area contributed by atoms with E-state index in [2.05, 4.69) is 0 Å². The summed E-state index contributed by atoms with van der Waals surface area (Å²) < 4.78 is 34.4. The van der Waals surface area contributed by atoms with Crippen LogP contribution in [0.25, 0.3) is 0 Å². The van der Waals surface area contributed by atoms with E-state index in [0.717, 1.165) is 6.92 Å². The average molecular weight is 128 g/mol. The average Bonchev–Trinajstić information content (AvgIpc) is 1.67. The topological polar surface area (TPSA) is 20.2 Å². The van der Waals surface area contributed by atoms with Crippen molar-refractivity contribution in [2.45, 2.75) is 19.0 Å². The van der Waals surface area contributed by atoms with Crippen molar-refractivity contribution in [3.05, 3.63) is 0 Å². The van der Waals surface area contributed by atoms with E-state index in [-0.39, 0.29) is 0 Å². The Labute approximate surface area is 45.1 Å². The molecule has 0 heterocycles. The molecule has 0 aromatic carbocycles. The van der Waals surface area contributed by atoms with Crippen LogP contribution >= 0.6 is 0 Å². The molecule has 1 atom stereocenters. The van der Waals surface area contributed by atoms with Crippen molar-refractivity contribution in [3.8, 4) is 0 Å². The highest BCUT2D eigenvalue weighted by atomic mass is 19.3. The van der Waals surface area contributed by atoms with Gasteiger partial charge in [-0.2, -0.15) is 0 Å². The summed E-state index contributed by atoms with van der Waals surface area (Å²) >= 11 is 0. The quantitative estimate of drug-likeness (QED) is 0.587. The van der Waals surface area contributed by atoms with E-state index in [1.165, 1.54) is 0 Å². The number of rotatable bonds is 2. The molecule has 0 radical (unpaired) electrons. The molecule has 0 aliphatic carbocycles. The van der Waals surface area contributed by atoms with Crippen LogP contribution in [0.3, 0.4) is 0 Å². The molecule has 0 aliphatic heterocycles. The Bertz CT molecular complexity index is 71.7. The fourth-order valence-electron chi connectivity index (χ4n) is 0.112. The molecule has 1 unspecified atom stereocenters. The molecule has 0 aromatic rings. The van der Waals surface area contributed by atoms with Crippen LogP contribution in [0.15, 0.2) is 0 Å². The second-order valence-electron chi connectivity index (χ2n) is 1.57. The van der Waals surface area contributed by atoms with Gasteiger partial charge in [0, 0.05) is 0 Å². The van der Waals surface area contributed by atoms with Gasteiger partial charge < -0.3 is 5.11 Å². The summed E-state index contributed by atoms with van der Waals surface area (Å²) in [6.45, 7) is -0.954. The van der Waals surface area contributed by atoms with Crippen molar-refractivity contribution < 1.29 is 18.3 Å². The van der Waals surface area contributed by atoms with Gasteiger partial charge in [0.1, 0.15) is 6.10 Å². The molecule has 0 aliphatic rings. The zero-order valence-corrected chi connectivity index (χ0v) is 4.37. The number of alkyl halides is 3. The Morgan fingerprint density at radius 3 is 2.00 bits per heavy atom. The van der Waals surface area contributed by atoms with Crippen LogP contribution in [0.2, 0.25) is 0 Å². The molecular weight excluding hydrogens is 121 g/mol. The maximum absolute atomic E-state index is 11.7. The fraction of sp³-hybridized carbons (Fsp3) is 1.00. The van der Waals surface area contributed by atoms with Gasteiger partial charge in [0.15, 0.2) is 6.67 Å². The van der Waals surface area contributed by atoms with E-state index in [9.17, 15) is 13.2 Å². The maximum atomic E-state index is 11.7. The van der Waals surface area contributed by atoms with Crippen LogP contribution in [0.4, 0.5) is 13.2 Å². The maximum Gasteiger partial charge on any atom is 0.300 e. The summed E-state index contributed by atoms with van der Waals surface area (Å²) in [5.74, 6) is -3.57. The molecule has 0 saturated carbocycles. The van der Waals surface area contributed by atoms with Gasteiger partial charge in [-0.25, -0.2) is 13.2 Å². The first-order valence-electron chi connectivity index (χ1n) is 2.12. The third-order valence-electron chi connectivity index (χ3n) is 0.789. The summed E-state index contributed by atoms with van der Waals surface area (Å²) in [6.07, 6.45) is -1.90. The number of aliphatic hydroxyl groups is 1. The second-order valence-corrected chi connectivity index (χ2v) is 1.57. The zero-order chi connectivity index (χ0) is 6.78. The smallest absolute Gasteiger partial charge is 0.300 e. The highest BCUT2D eigenvalue weighted by Gasteiger charge is 2.34. The van der Waals surface area contributed by atoms with Gasteiger partial charge in [-0.3, -0.25) is 0 Å². The first kappa shape index (κ1) is 7.75. The third kappa shape index (κ3) is 1.69. The molecule has 0 rings (SSSR count). The molecule has 0 spiro atoms. The van der Waals surface area contributed by atoms with Crippen LogP contribution in [0, 0.1) is 0 Å². The van der Waals surface area contributed by atoms with Crippen LogP contribution in [0.5, 0.6) is 0 Å². The van der Waals surface area contributed by atoms with Crippen LogP contribution in [-0.4, -0.2) is 23.8 Å². The van der Waals surface area contributed by atoms with E-state index in [1.54, 1.807) is 0 Å². The number of hydrogen-bond acceptors (Lipinski definition) is 1. The zero-order valence-electron chi connectivity index (χ0n) is 4.37. The Kier molecular flexibility index (Phi) is 2.27. The normalized spacial score (nSPS) is 16.1. The predicted molar refractivity (Wildman–Crippen MR) is 22.6 cm³/mol. The van der Waals surface area contributed by atoms with E-state index >= 15 is 0 Å². The minimum atomic E-state index is -3.57. The third-order valence-corrected chi connectivity index (χ3v) is 0.789. The molecule has 1 N–H and O–H groups in total. The molecule has 50 valence electrons. The standard InChI is InChI=1S/C4H7F3O/c1-3(8)4(6,7)2-5/h3,8H,2H2,1H3. The first-order chi connectivity index (χ1) is 3.50. The molecule has 4 heteroatoms. The van der Waals surface area contributed by atoms with Crippen molar-refractivity contribution in [3.63, 3.8) is 0 Å². The van der Waals surface area contributed by atoms with Crippen molar-refractivity contribution >= 4 is 0 Å². The SMILES string of the molecule is CC(O)C(F)(F)CF. The van der Waals surface area contributed by atoms with Crippen molar-refractivity contribution in [1.82, 2.24) is 0 Å². The Morgan fingerprint density at radius 1 is 1.62 bits per heavy atom. The van der Waals surface area contributed by atoms with Gasteiger partial charge in [0.05, 0.1) is 0 Å². The van der Waals surface area contributed by atoms with Crippen molar-refractivity contribution in [1.29, 1.82) is 0 Å². The Hall–Kier alpha value is -0.250. The van der Waals surface area contributed by atoms with E-state index < -0.39 is 18.7 Å². The van der Waals surface area contributed by atoms with Crippen LogP contribution in [-0.2, 0) is 0 Å². The van der Waals surface area contributed by atoms with Gasteiger partial charge in [-0.05, 0) is 6.92 Å². The summed E-state index contributed by atoms with van der Waals surface area (Å²) in [6, 6.07) is 0. The minimum Gasteiger partial charge on any atom is -0.387 e. The van der Waals surface area contributed by atoms with Crippen molar-refractivity contribution in [2.24, 2.45) is 0 Å². The van der Waals surface area contributed by atoms with Gasteiger partial charge >= 0.3 is 5.92 Å². The van der Waals surface area contributed by atoms with E-state index in [0.29, 0.717) is 0 Å². The molecule has 0 saturated heterocycles. The summed E-state index contributed by atoms with van der Waals surface area (Å²) in [4.78, 5) is 0. The fourth-order valence-corrected chi connectivity index (χ4v) is 0.112. The second kappa shape index (κ2) is 2.35. The number of hydrogen-bond donors (Lipinski definition) is 1. The van der Waals surface area contributed by atoms with Gasteiger partial charge in [0.2, 0.25) is 0 Å². The minimum absolute atomic E-state index is 0.847. The molecule has 0 amide bonds. The predicted octanol–water partition coefficient (Wildman–Crippen LogP) is 0.972. The molecule has 0 aromatic heterocycles. The Morgan fingerprint density at radius 2 is 2.00 bits per heavy atom.